The Bertz CT molecular complexity index is 1190. The number of amides is 2. The van der Waals surface area contributed by atoms with E-state index in [1.54, 1.807) is 0 Å². The van der Waals surface area contributed by atoms with Crippen LogP contribution in [0.25, 0.3) is 22.0 Å². The lowest BCUT2D eigenvalue weighted by molar-refractivity contribution is 0.262. The fourth-order valence-electron chi connectivity index (χ4n) is 3.11. The molecule has 7 nitrogen and oxygen atoms in total. The molecule has 0 saturated heterocycles. The van der Waals surface area contributed by atoms with Gasteiger partial charge in [-0.05, 0) is 69.0 Å². The Labute approximate surface area is 175 Å². The quantitative estimate of drug-likeness (QED) is 0.309. The highest BCUT2D eigenvalue weighted by atomic mass is 79.9. The normalized spacial score (nSPS) is 10.8. The monoisotopic (exact) mass is 450 g/mol. The first kappa shape index (κ1) is 19.0. The summed E-state index contributed by atoms with van der Waals surface area (Å²) in [6.45, 7) is 0.422. The average molecular weight is 451 g/mol. The topological polar surface area (TPSA) is 122 Å². The fraction of sp³-hybridized carbons (Fsp3) is 0.0476. The number of nitrogens with one attached hydrogen (secondary N) is 3. The van der Waals surface area contributed by atoms with Crippen molar-refractivity contribution in [2.45, 2.75) is 6.54 Å². The average Bonchev–Trinajstić information content (AvgIpc) is 3.10. The largest absolute Gasteiger partial charge is 0.382 e. The Morgan fingerprint density at radius 1 is 1.00 bits per heavy atom. The van der Waals surface area contributed by atoms with Crippen molar-refractivity contribution >= 4 is 50.1 Å². The van der Waals surface area contributed by atoms with Gasteiger partial charge in [-0.25, -0.2) is 4.79 Å². The molecule has 0 aliphatic carbocycles. The summed E-state index contributed by atoms with van der Waals surface area (Å²) in [5, 5.41) is 13.5. The molecule has 0 aliphatic heterocycles. The number of hydrogen-bond acceptors (Lipinski definition) is 4. The van der Waals surface area contributed by atoms with E-state index in [-0.39, 0.29) is 6.03 Å². The number of nitrogen functional groups attached to an aromatic ring is 1. The van der Waals surface area contributed by atoms with Gasteiger partial charge in [-0.1, -0.05) is 24.3 Å². The van der Waals surface area contributed by atoms with E-state index in [0.29, 0.717) is 23.7 Å². The molecule has 2 amide bonds. The third-order valence-electron chi connectivity index (χ3n) is 4.54. The van der Waals surface area contributed by atoms with Gasteiger partial charge >= 0.3 is 6.03 Å². The minimum Gasteiger partial charge on any atom is -0.382 e. The smallest absolute Gasteiger partial charge is 0.323 e. The molecule has 1 heterocycles. The van der Waals surface area contributed by atoms with Crippen molar-refractivity contribution in [1.29, 1.82) is 0 Å². The zero-order chi connectivity index (χ0) is 20.4. The summed E-state index contributed by atoms with van der Waals surface area (Å²) in [6, 6.07) is 18.7. The lowest BCUT2D eigenvalue weighted by atomic mass is 10.0. The third kappa shape index (κ3) is 4.08. The van der Waals surface area contributed by atoms with Crippen molar-refractivity contribution in [2.75, 3.05) is 16.4 Å². The van der Waals surface area contributed by atoms with E-state index < -0.39 is 0 Å². The number of nitrogens with zero attached hydrogens (tertiary/aromatic N) is 1. The van der Waals surface area contributed by atoms with Crippen molar-refractivity contribution in [2.24, 2.45) is 5.73 Å². The molecule has 7 N–H and O–H groups in total. The zero-order valence-corrected chi connectivity index (χ0v) is 17.0. The molecular formula is C21H19BrN6O. The lowest BCUT2D eigenvalue weighted by Gasteiger charge is -2.10. The van der Waals surface area contributed by atoms with E-state index in [0.717, 1.165) is 32.1 Å². The molecule has 0 fully saturated rings. The van der Waals surface area contributed by atoms with Crippen LogP contribution >= 0.6 is 15.9 Å². The first-order valence-electron chi connectivity index (χ1n) is 8.94. The molecule has 0 aliphatic rings. The third-order valence-corrected chi connectivity index (χ3v) is 5.17. The molecule has 1 aromatic heterocycles. The van der Waals surface area contributed by atoms with Crippen LogP contribution in [0.15, 0.2) is 65.1 Å². The van der Waals surface area contributed by atoms with E-state index in [1.807, 2.05) is 60.7 Å². The maximum Gasteiger partial charge on any atom is 0.323 e. The van der Waals surface area contributed by atoms with Gasteiger partial charge in [0, 0.05) is 22.4 Å². The van der Waals surface area contributed by atoms with Gasteiger partial charge < -0.3 is 22.1 Å². The first-order valence-corrected chi connectivity index (χ1v) is 9.73. The maximum absolute atomic E-state index is 12.2. The Morgan fingerprint density at radius 3 is 2.52 bits per heavy atom. The number of carbonyl (C=O) groups is 1. The number of aromatic amines is 1. The van der Waals surface area contributed by atoms with Gasteiger partial charge in [-0.3, -0.25) is 5.10 Å². The van der Waals surface area contributed by atoms with Crippen molar-refractivity contribution in [3.8, 4) is 11.1 Å². The zero-order valence-electron chi connectivity index (χ0n) is 15.4. The van der Waals surface area contributed by atoms with E-state index in [9.17, 15) is 4.79 Å². The highest BCUT2D eigenvalue weighted by Gasteiger charge is 2.10. The number of carbonyl (C=O) groups excluding carboxylic acids is 1. The van der Waals surface area contributed by atoms with E-state index in [1.165, 1.54) is 0 Å². The van der Waals surface area contributed by atoms with Crippen LogP contribution in [0.2, 0.25) is 0 Å². The molecule has 4 rings (SSSR count). The standard InChI is InChI=1S/C21H19BrN6O/c22-17-9-14(10-18-19(17)20(24)28-27-18)13-4-6-15(7-5-13)25-21(29)26-16-3-1-2-12(8-16)11-23/h1-10H,11,23H2,(H3,24,27,28)(H2,25,26,29). The molecule has 0 saturated carbocycles. The second kappa shape index (κ2) is 7.94. The van der Waals surface area contributed by atoms with Crippen LogP contribution < -0.4 is 22.1 Å². The lowest BCUT2D eigenvalue weighted by Crippen LogP contribution is -2.19. The number of hydrogen-bond donors (Lipinski definition) is 5. The van der Waals surface area contributed by atoms with Crippen LogP contribution in [-0.4, -0.2) is 16.2 Å². The summed E-state index contributed by atoms with van der Waals surface area (Å²) in [4.78, 5) is 12.2. The second-order valence-electron chi connectivity index (χ2n) is 6.55. The number of benzene rings is 3. The molecule has 146 valence electrons. The minimum absolute atomic E-state index is 0.316. The van der Waals surface area contributed by atoms with Crippen molar-refractivity contribution < 1.29 is 4.79 Å². The maximum atomic E-state index is 12.2. The fourth-order valence-corrected chi connectivity index (χ4v) is 3.78. The SMILES string of the molecule is NCc1cccc(NC(=O)Nc2ccc(-c3cc(Br)c4c(N)n[nH]c4c3)cc2)c1. The molecule has 4 aromatic rings. The summed E-state index contributed by atoms with van der Waals surface area (Å²) < 4.78 is 0.873. The number of nitrogens with two attached hydrogens (primary N) is 2. The Balaban J connectivity index is 1.48. The van der Waals surface area contributed by atoms with Gasteiger partial charge in [0.2, 0.25) is 0 Å². The van der Waals surface area contributed by atoms with E-state index in [2.05, 4.69) is 36.8 Å². The molecule has 0 radical (unpaired) electrons. The molecule has 8 heteroatoms. The molecule has 0 spiro atoms. The number of fused-ring (bicyclic) bond motifs is 1. The summed E-state index contributed by atoms with van der Waals surface area (Å²) in [5.74, 6) is 0.459. The van der Waals surface area contributed by atoms with Gasteiger partial charge in [0.1, 0.15) is 0 Å². The van der Waals surface area contributed by atoms with Crippen LogP contribution in [-0.2, 0) is 6.54 Å². The van der Waals surface area contributed by atoms with Crippen LogP contribution in [0.4, 0.5) is 22.0 Å². The van der Waals surface area contributed by atoms with Crippen molar-refractivity contribution in [3.05, 3.63) is 70.7 Å². The number of anilines is 3. The molecule has 0 unspecified atom stereocenters. The van der Waals surface area contributed by atoms with E-state index in [4.69, 9.17) is 11.5 Å². The van der Waals surface area contributed by atoms with Gasteiger partial charge in [-0.2, -0.15) is 5.10 Å². The van der Waals surface area contributed by atoms with Crippen LogP contribution in [0.3, 0.4) is 0 Å². The van der Waals surface area contributed by atoms with Gasteiger partial charge in [0.15, 0.2) is 5.82 Å². The number of halogens is 1. The molecular weight excluding hydrogens is 432 g/mol. The number of rotatable bonds is 4. The van der Waals surface area contributed by atoms with Gasteiger partial charge in [-0.15, -0.1) is 0 Å². The van der Waals surface area contributed by atoms with Gasteiger partial charge in [0.25, 0.3) is 0 Å². The number of urea groups is 1. The molecule has 0 atom stereocenters. The Morgan fingerprint density at radius 2 is 1.76 bits per heavy atom. The van der Waals surface area contributed by atoms with Crippen LogP contribution in [0.1, 0.15) is 5.56 Å². The predicted octanol–water partition coefficient (Wildman–Crippen LogP) is 4.68. The van der Waals surface area contributed by atoms with Crippen LogP contribution in [0, 0.1) is 0 Å². The Hall–Kier alpha value is -3.36. The Kier molecular flexibility index (Phi) is 5.20. The van der Waals surface area contributed by atoms with Crippen molar-refractivity contribution in [1.82, 2.24) is 10.2 Å². The van der Waals surface area contributed by atoms with Crippen molar-refractivity contribution in [3.63, 3.8) is 0 Å². The predicted molar refractivity (Wildman–Crippen MR) is 121 cm³/mol. The first-order chi connectivity index (χ1) is 14.0. The summed E-state index contributed by atoms with van der Waals surface area (Å²) in [5.41, 5.74) is 16.7. The highest BCUT2D eigenvalue weighted by molar-refractivity contribution is 9.10. The van der Waals surface area contributed by atoms with E-state index >= 15 is 0 Å². The molecule has 29 heavy (non-hydrogen) atoms. The minimum atomic E-state index is -0.316. The number of aromatic nitrogens is 2. The summed E-state index contributed by atoms with van der Waals surface area (Å²) in [6.07, 6.45) is 0. The molecule has 3 aromatic carbocycles. The highest BCUT2D eigenvalue weighted by Crippen LogP contribution is 2.33. The number of H-pyrrole nitrogens is 1. The second-order valence-corrected chi connectivity index (χ2v) is 7.40. The summed E-state index contributed by atoms with van der Waals surface area (Å²) >= 11 is 3.55. The van der Waals surface area contributed by atoms with Crippen LogP contribution in [0.5, 0.6) is 0 Å². The van der Waals surface area contributed by atoms with Gasteiger partial charge in [0.05, 0.1) is 10.9 Å². The summed E-state index contributed by atoms with van der Waals surface area (Å²) in [7, 11) is 0. The molecule has 0 bridgehead atoms.